The summed E-state index contributed by atoms with van der Waals surface area (Å²) < 4.78 is 15.8. The monoisotopic (exact) mass is 370 g/mol. The van der Waals surface area contributed by atoms with Gasteiger partial charge in [-0.2, -0.15) is 0 Å². The van der Waals surface area contributed by atoms with Gasteiger partial charge in [-0.05, 0) is 45.3 Å². The third-order valence-electron chi connectivity index (χ3n) is 4.59. The summed E-state index contributed by atoms with van der Waals surface area (Å²) >= 11 is 4.50. The first-order chi connectivity index (χ1) is 11.8. The minimum atomic E-state index is -0.286. The summed E-state index contributed by atoms with van der Waals surface area (Å²) in [6, 6.07) is 8.91. The van der Waals surface area contributed by atoms with Crippen LogP contribution in [-0.2, 0) is 13.6 Å². The summed E-state index contributed by atoms with van der Waals surface area (Å²) in [5, 5.41) is 6.74. The molecule has 2 N–H and O–H groups in total. The molecule has 1 aromatic carbocycles. The minimum absolute atomic E-state index is 0.278. The summed E-state index contributed by atoms with van der Waals surface area (Å²) in [6.07, 6.45) is 0. The number of nitrogens with one attached hydrogen (secondary N) is 2. The Morgan fingerprint density at radius 2 is 1.52 bits per heavy atom. The normalized spacial score (nSPS) is 20.6. The van der Waals surface area contributed by atoms with Crippen molar-refractivity contribution in [1.82, 2.24) is 5.32 Å². The van der Waals surface area contributed by atoms with Gasteiger partial charge in [0.05, 0.1) is 36.2 Å². The lowest BCUT2D eigenvalue weighted by Crippen LogP contribution is -2.51. The highest BCUT2D eigenvalue weighted by atomic mass is 35.5. The average molecular weight is 371 g/mol. The van der Waals surface area contributed by atoms with Gasteiger partial charge in [-0.15, -0.1) is 0 Å². The van der Waals surface area contributed by atoms with Crippen molar-refractivity contribution >= 4 is 30.1 Å². The van der Waals surface area contributed by atoms with E-state index < -0.39 is 0 Å². The molecule has 0 saturated carbocycles. The zero-order chi connectivity index (χ0) is 19.1. The number of rotatable bonds is 3. The van der Waals surface area contributed by atoms with Gasteiger partial charge in [-0.1, -0.05) is 26.0 Å². The van der Waals surface area contributed by atoms with Gasteiger partial charge >= 0.3 is 7.12 Å². The molecule has 0 bridgehead atoms. The maximum atomic E-state index is 6.05. The summed E-state index contributed by atoms with van der Waals surface area (Å²) in [7, 11) is 1.11. The topological polar surface area (TPSA) is 51.8 Å². The Kier molecular flexibility index (Phi) is 8.71. The molecule has 25 heavy (non-hydrogen) atoms. The zero-order valence-corrected chi connectivity index (χ0v) is 17.2. The Bertz CT molecular complexity index is 492. The van der Waals surface area contributed by atoms with E-state index >= 15 is 0 Å². The lowest BCUT2D eigenvalue weighted by atomic mass is 9.79. The highest BCUT2D eigenvalue weighted by Crippen LogP contribution is 2.36. The number of hydrogen-bond donors (Lipinski definition) is 2. The Morgan fingerprint density at radius 3 is 1.88 bits per heavy atom. The van der Waals surface area contributed by atoms with Gasteiger partial charge in [0.2, 0.25) is 0 Å². The first-order valence-corrected chi connectivity index (χ1v) is 9.17. The van der Waals surface area contributed by atoms with Crippen molar-refractivity contribution in [2.75, 3.05) is 25.5 Å². The van der Waals surface area contributed by atoms with Crippen molar-refractivity contribution < 1.29 is 13.6 Å². The molecule has 0 atom stereocenters. The lowest BCUT2D eigenvalue weighted by Gasteiger charge is -2.32. The van der Waals surface area contributed by atoms with E-state index in [-0.39, 0.29) is 18.3 Å². The highest BCUT2D eigenvalue weighted by Gasteiger charge is 2.51. The van der Waals surface area contributed by atoms with Crippen LogP contribution < -0.4 is 16.1 Å². The molecule has 2 aliphatic heterocycles. The Balaban J connectivity index is 0.000000567. The minimum Gasteiger partial charge on any atom is -0.399 e. The van der Waals surface area contributed by atoms with Gasteiger partial charge in [-0.25, -0.2) is 0 Å². The van der Waals surface area contributed by atoms with E-state index in [9.17, 15) is 0 Å². The summed E-state index contributed by atoms with van der Waals surface area (Å²) in [5.41, 5.74) is 1.65. The predicted molar refractivity (Wildman–Crippen MR) is 107 cm³/mol. The van der Waals surface area contributed by atoms with Crippen LogP contribution in [0.5, 0.6) is 0 Å². The summed E-state index contributed by atoms with van der Waals surface area (Å²) in [5.74, 6) is 0. The zero-order valence-electron chi connectivity index (χ0n) is 16.5. The Labute approximate surface area is 158 Å². The molecule has 0 aliphatic carbocycles. The molecular weight excluding hydrogens is 338 g/mol. The van der Waals surface area contributed by atoms with Gasteiger partial charge in [0, 0.05) is 18.8 Å². The highest BCUT2D eigenvalue weighted by molar-refractivity contribution is 6.62. The van der Waals surface area contributed by atoms with Crippen LogP contribution in [-0.4, -0.2) is 44.6 Å². The van der Waals surface area contributed by atoms with Gasteiger partial charge in [-0.3, -0.25) is 4.29 Å². The molecule has 3 rings (SSSR count). The molecule has 2 aliphatic rings. The van der Waals surface area contributed by atoms with E-state index in [0.29, 0.717) is 6.04 Å². The van der Waals surface area contributed by atoms with E-state index in [1.54, 1.807) is 0 Å². The van der Waals surface area contributed by atoms with Crippen LogP contribution in [0.3, 0.4) is 0 Å². The molecule has 0 radical (unpaired) electrons. The molecule has 5 nitrogen and oxygen atoms in total. The van der Waals surface area contributed by atoms with Gasteiger partial charge in [0.15, 0.2) is 0 Å². The second-order valence-corrected chi connectivity index (χ2v) is 7.17. The summed E-state index contributed by atoms with van der Waals surface area (Å²) in [4.78, 5) is 0. The molecule has 0 spiro atoms. The largest absolute Gasteiger partial charge is 0.494 e. The fourth-order valence-corrected chi connectivity index (χ4v) is 2.34. The fourth-order valence-electron chi connectivity index (χ4n) is 2.34. The lowest BCUT2D eigenvalue weighted by molar-refractivity contribution is 0.00578. The third-order valence-corrected chi connectivity index (χ3v) is 4.59. The molecule has 7 heteroatoms. The van der Waals surface area contributed by atoms with Crippen LogP contribution in [0.2, 0.25) is 0 Å². The van der Waals surface area contributed by atoms with Gasteiger partial charge in [0.1, 0.15) is 0 Å². The number of benzene rings is 1. The number of anilines is 1. The van der Waals surface area contributed by atoms with Crippen molar-refractivity contribution in [2.24, 2.45) is 0 Å². The molecule has 0 aromatic heterocycles. The van der Waals surface area contributed by atoms with Crippen LogP contribution in [0.4, 0.5) is 5.69 Å². The second-order valence-electron chi connectivity index (χ2n) is 6.86. The molecule has 0 unspecified atom stereocenters. The van der Waals surface area contributed by atoms with E-state index in [0.717, 1.165) is 24.2 Å². The third kappa shape index (κ3) is 5.86. The molecule has 142 valence electrons. The maximum absolute atomic E-state index is 6.05. The molecule has 2 fully saturated rings. The van der Waals surface area contributed by atoms with Crippen molar-refractivity contribution in [3.63, 3.8) is 0 Å². The van der Waals surface area contributed by atoms with Crippen molar-refractivity contribution in [3.05, 3.63) is 24.3 Å². The van der Waals surface area contributed by atoms with Crippen LogP contribution in [0.25, 0.3) is 0 Å². The predicted octanol–water partition coefficient (Wildman–Crippen LogP) is 3.18. The first kappa shape index (κ1) is 22.3. The van der Waals surface area contributed by atoms with Crippen LogP contribution in [0.1, 0.15) is 41.5 Å². The van der Waals surface area contributed by atoms with Crippen molar-refractivity contribution in [3.8, 4) is 0 Å². The quantitative estimate of drug-likeness (QED) is 0.800. The molecule has 0 amide bonds. The summed E-state index contributed by atoms with van der Waals surface area (Å²) in [6.45, 7) is 14.4. The maximum Gasteiger partial charge on any atom is 0.494 e. The SMILES string of the molecule is CC.CC1(C)OB(c2ccc(NC3CNC3)cc2)OC1(C)C.COCl. The second kappa shape index (κ2) is 9.79. The van der Waals surface area contributed by atoms with Gasteiger partial charge in [0.25, 0.3) is 0 Å². The number of hydrogen-bond acceptors (Lipinski definition) is 5. The molecule has 1 aromatic rings. The Morgan fingerprint density at radius 1 is 1.08 bits per heavy atom. The molecule has 2 heterocycles. The van der Waals surface area contributed by atoms with Crippen LogP contribution in [0, 0.1) is 0 Å². The smallest absolute Gasteiger partial charge is 0.399 e. The van der Waals surface area contributed by atoms with Crippen molar-refractivity contribution in [2.45, 2.75) is 58.8 Å². The van der Waals surface area contributed by atoms with E-state index in [2.05, 4.69) is 78.7 Å². The van der Waals surface area contributed by atoms with E-state index in [1.807, 2.05) is 13.8 Å². The van der Waals surface area contributed by atoms with Crippen molar-refractivity contribution in [1.29, 1.82) is 0 Å². The standard InChI is InChI=1S/C15H23BN2O2.C2H6.CH3ClO/c1-14(2)15(3,4)20-16(19-14)11-5-7-12(8-6-11)18-13-9-17-10-13;1-2;1-3-2/h5-8,13,17-18H,9-10H2,1-4H3;1-2H3;1H3. The van der Waals surface area contributed by atoms with Gasteiger partial charge < -0.3 is 19.9 Å². The molecule has 2 saturated heterocycles. The fraction of sp³-hybridized carbons (Fsp3) is 0.667. The Hall–Kier alpha value is -0.785. The molecular formula is C18H32BClN2O3. The van der Waals surface area contributed by atoms with Crippen LogP contribution >= 0.6 is 11.9 Å². The van der Waals surface area contributed by atoms with Crippen LogP contribution in [0.15, 0.2) is 24.3 Å². The number of halogens is 1. The van der Waals surface area contributed by atoms with E-state index in [4.69, 9.17) is 9.31 Å². The first-order valence-electron chi connectivity index (χ1n) is 8.86. The van der Waals surface area contributed by atoms with E-state index in [1.165, 1.54) is 7.11 Å². The average Bonchev–Trinajstić information content (AvgIpc) is 2.75.